The Hall–Kier alpha value is -2.03. The molecule has 0 radical (unpaired) electrons. The number of nitrogens with zero attached hydrogens (tertiary/aromatic N) is 1. The number of carbonyl (C=O) groups is 3. The van der Waals surface area contributed by atoms with E-state index in [1.165, 1.54) is 13.0 Å². The standard InChI is InChI=1S/C15H21NO4.C7H13NO2/c1-11(17)15(14(18)19)6-2-12(3-7-15)10-20-13-4-8-16-9-5-13;1-6(9)8-4-2-7(10)3-5-8/h2-3,6,13,16H,4-5,7-10H2,1H3,(H,18,19);7,10H,2-5H2,1H3. The lowest BCUT2D eigenvalue weighted by atomic mass is 9.77. The van der Waals surface area contributed by atoms with Gasteiger partial charge in [0.1, 0.15) is 5.41 Å². The number of carbonyl (C=O) groups excluding carboxylic acids is 2. The quantitative estimate of drug-likeness (QED) is 0.572. The number of ketones is 1. The van der Waals surface area contributed by atoms with Gasteiger partial charge in [0.25, 0.3) is 0 Å². The van der Waals surface area contributed by atoms with E-state index in [1.807, 2.05) is 0 Å². The second-order valence-electron chi connectivity index (χ2n) is 8.15. The summed E-state index contributed by atoms with van der Waals surface area (Å²) in [5.41, 5.74) is -0.445. The van der Waals surface area contributed by atoms with E-state index in [1.54, 1.807) is 24.0 Å². The highest BCUT2D eigenvalue weighted by molar-refractivity contribution is 6.04. The topological polar surface area (TPSA) is 116 Å². The normalized spacial score (nSPS) is 25.2. The van der Waals surface area contributed by atoms with Gasteiger partial charge in [0.2, 0.25) is 5.91 Å². The first-order valence-corrected chi connectivity index (χ1v) is 10.6. The summed E-state index contributed by atoms with van der Waals surface area (Å²) in [7, 11) is 0. The summed E-state index contributed by atoms with van der Waals surface area (Å²) in [5, 5.41) is 21.6. The zero-order valence-electron chi connectivity index (χ0n) is 17.9. The molecule has 3 aliphatic rings. The van der Waals surface area contributed by atoms with Gasteiger partial charge in [-0.3, -0.25) is 14.4 Å². The van der Waals surface area contributed by atoms with Crippen LogP contribution in [0.1, 0.15) is 46.0 Å². The number of allylic oxidation sites excluding steroid dienone is 1. The van der Waals surface area contributed by atoms with E-state index >= 15 is 0 Å². The number of aliphatic hydroxyl groups is 1. The maximum atomic E-state index is 11.6. The van der Waals surface area contributed by atoms with Crippen LogP contribution in [0.15, 0.2) is 23.8 Å². The molecule has 1 amide bonds. The lowest BCUT2D eigenvalue weighted by molar-refractivity contribution is -0.150. The summed E-state index contributed by atoms with van der Waals surface area (Å²) >= 11 is 0. The van der Waals surface area contributed by atoms with Gasteiger partial charge in [-0.1, -0.05) is 18.2 Å². The van der Waals surface area contributed by atoms with E-state index in [2.05, 4.69) is 5.32 Å². The van der Waals surface area contributed by atoms with Gasteiger partial charge in [0.05, 0.1) is 18.8 Å². The number of hydrogen-bond acceptors (Lipinski definition) is 6. The molecule has 0 aromatic carbocycles. The highest BCUT2D eigenvalue weighted by atomic mass is 16.5. The van der Waals surface area contributed by atoms with Crippen molar-refractivity contribution in [2.75, 3.05) is 32.8 Å². The molecule has 0 bridgehead atoms. The average molecular weight is 423 g/mol. The molecule has 8 nitrogen and oxygen atoms in total. The number of piperidine rings is 2. The molecule has 30 heavy (non-hydrogen) atoms. The number of aliphatic hydroxyl groups excluding tert-OH is 1. The Balaban J connectivity index is 0.000000269. The number of ether oxygens (including phenoxy) is 1. The zero-order valence-corrected chi connectivity index (χ0v) is 17.9. The average Bonchev–Trinajstić information content (AvgIpc) is 2.74. The zero-order chi connectivity index (χ0) is 22.1. The third kappa shape index (κ3) is 6.75. The third-order valence-corrected chi connectivity index (χ3v) is 5.96. The van der Waals surface area contributed by atoms with E-state index in [-0.39, 0.29) is 30.3 Å². The van der Waals surface area contributed by atoms with Gasteiger partial charge in [-0.05, 0) is 57.7 Å². The molecule has 1 atom stereocenters. The lowest BCUT2D eigenvalue weighted by Gasteiger charge is -2.28. The lowest BCUT2D eigenvalue weighted by Crippen LogP contribution is -2.38. The van der Waals surface area contributed by atoms with Crippen LogP contribution in [0.25, 0.3) is 0 Å². The van der Waals surface area contributed by atoms with Gasteiger partial charge in [0, 0.05) is 20.0 Å². The number of nitrogens with one attached hydrogen (secondary N) is 1. The number of carboxylic acids is 1. The fourth-order valence-corrected chi connectivity index (χ4v) is 3.71. The van der Waals surface area contributed by atoms with Gasteiger partial charge in [-0.15, -0.1) is 0 Å². The number of amides is 1. The van der Waals surface area contributed by atoms with E-state index in [0.29, 0.717) is 6.61 Å². The molecular formula is C22H34N2O6. The van der Waals surface area contributed by atoms with Gasteiger partial charge < -0.3 is 25.2 Å². The molecule has 2 fully saturated rings. The number of Topliss-reactive ketones (excluding diaryl/α,β-unsaturated/α-hetero) is 1. The molecule has 0 aromatic heterocycles. The van der Waals surface area contributed by atoms with Crippen LogP contribution in [-0.4, -0.2) is 77.8 Å². The van der Waals surface area contributed by atoms with Crippen LogP contribution >= 0.6 is 0 Å². The molecule has 3 rings (SSSR count). The summed E-state index contributed by atoms with van der Waals surface area (Å²) in [5.74, 6) is -1.31. The fraction of sp³-hybridized carbons (Fsp3) is 0.682. The number of carboxylic acid groups (broad SMARTS) is 1. The molecule has 2 aliphatic heterocycles. The second-order valence-corrected chi connectivity index (χ2v) is 8.15. The second kappa shape index (κ2) is 11.4. The van der Waals surface area contributed by atoms with Crippen molar-refractivity contribution in [2.24, 2.45) is 5.41 Å². The van der Waals surface area contributed by atoms with Crippen molar-refractivity contribution in [3.05, 3.63) is 23.8 Å². The van der Waals surface area contributed by atoms with E-state index in [9.17, 15) is 19.5 Å². The van der Waals surface area contributed by atoms with Crippen LogP contribution in [0.5, 0.6) is 0 Å². The Labute approximate surface area is 178 Å². The first-order valence-electron chi connectivity index (χ1n) is 10.6. The summed E-state index contributed by atoms with van der Waals surface area (Å²) in [6.45, 7) is 6.76. The van der Waals surface area contributed by atoms with Crippen molar-refractivity contribution in [1.82, 2.24) is 10.2 Å². The highest BCUT2D eigenvalue weighted by Gasteiger charge is 2.41. The molecule has 2 heterocycles. The fourth-order valence-electron chi connectivity index (χ4n) is 3.71. The van der Waals surface area contributed by atoms with E-state index in [0.717, 1.165) is 57.4 Å². The van der Waals surface area contributed by atoms with Crippen LogP contribution in [0.2, 0.25) is 0 Å². The predicted octanol–water partition coefficient (Wildman–Crippen LogP) is 1.29. The third-order valence-electron chi connectivity index (χ3n) is 5.96. The molecule has 1 aliphatic carbocycles. The Kier molecular flexibility index (Phi) is 9.20. The number of aliphatic carboxylic acids is 1. The van der Waals surface area contributed by atoms with Crippen LogP contribution in [0.3, 0.4) is 0 Å². The molecule has 0 aromatic rings. The first kappa shape index (κ1) is 24.2. The summed E-state index contributed by atoms with van der Waals surface area (Å²) in [6, 6.07) is 0. The summed E-state index contributed by atoms with van der Waals surface area (Å²) < 4.78 is 5.82. The highest BCUT2D eigenvalue weighted by Crippen LogP contribution is 2.31. The first-order chi connectivity index (χ1) is 14.2. The van der Waals surface area contributed by atoms with E-state index in [4.69, 9.17) is 9.84 Å². The van der Waals surface area contributed by atoms with Gasteiger partial charge in [-0.2, -0.15) is 0 Å². The summed E-state index contributed by atoms with van der Waals surface area (Å²) in [4.78, 5) is 35.4. The van der Waals surface area contributed by atoms with Crippen molar-refractivity contribution in [3.63, 3.8) is 0 Å². The molecule has 8 heteroatoms. The minimum atomic E-state index is -1.39. The molecule has 0 spiro atoms. The Bertz CT molecular complexity index is 659. The van der Waals surface area contributed by atoms with Crippen molar-refractivity contribution < 1.29 is 29.3 Å². The minimum Gasteiger partial charge on any atom is -0.480 e. The number of rotatable bonds is 5. The molecule has 168 valence electrons. The Morgan fingerprint density at radius 2 is 1.80 bits per heavy atom. The molecule has 1 unspecified atom stereocenters. The van der Waals surface area contributed by atoms with Gasteiger partial charge in [-0.25, -0.2) is 0 Å². The van der Waals surface area contributed by atoms with Crippen molar-refractivity contribution in [2.45, 2.75) is 58.2 Å². The van der Waals surface area contributed by atoms with Crippen molar-refractivity contribution in [1.29, 1.82) is 0 Å². The monoisotopic (exact) mass is 422 g/mol. The molecule has 2 saturated heterocycles. The van der Waals surface area contributed by atoms with Crippen molar-refractivity contribution in [3.8, 4) is 0 Å². The maximum absolute atomic E-state index is 11.6. The van der Waals surface area contributed by atoms with Crippen LogP contribution in [0, 0.1) is 5.41 Å². The van der Waals surface area contributed by atoms with Crippen LogP contribution < -0.4 is 5.32 Å². The van der Waals surface area contributed by atoms with Crippen molar-refractivity contribution >= 4 is 17.7 Å². The van der Waals surface area contributed by atoms with Gasteiger partial charge in [0.15, 0.2) is 5.78 Å². The minimum absolute atomic E-state index is 0.118. The van der Waals surface area contributed by atoms with Crippen LogP contribution in [0.4, 0.5) is 0 Å². The number of likely N-dealkylation sites (tertiary alicyclic amines) is 1. The van der Waals surface area contributed by atoms with Gasteiger partial charge >= 0.3 is 5.97 Å². The van der Waals surface area contributed by atoms with E-state index < -0.39 is 11.4 Å². The predicted molar refractivity (Wildman–Crippen MR) is 112 cm³/mol. The smallest absolute Gasteiger partial charge is 0.321 e. The molecule has 0 saturated carbocycles. The Morgan fingerprint density at radius 3 is 2.27 bits per heavy atom. The Morgan fingerprint density at radius 1 is 1.17 bits per heavy atom. The molecular weight excluding hydrogens is 388 g/mol. The molecule has 3 N–H and O–H groups in total. The SMILES string of the molecule is CC(=O)C1(C(=O)O)C=CC(COC2CCNCC2)=CC1.CC(=O)N1CCC(O)CC1. The number of hydrogen-bond donors (Lipinski definition) is 3. The maximum Gasteiger partial charge on any atom is 0.321 e. The summed E-state index contributed by atoms with van der Waals surface area (Å²) in [6.07, 6.45) is 8.78. The largest absolute Gasteiger partial charge is 0.480 e. The van der Waals surface area contributed by atoms with Crippen LogP contribution in [-0.2, 0) is 19.1 Å².